The Labute approximate surface area is 168 Å². The number of hydrogen-bond donors (Lipinski definition) is 1. The number of carbonyl (C=O) groups excluding carboxylic acids is 1. The molecule has 1 aliphatic heterocycles. The van der Waals surface area contributed by atoms with Crippen molar-refractivity contribution in [3.63, 3.8) is 0 Å². The molecule has 0 spiro atoms. The molecule has 0 radical (unpaired) electrons. The van der Waals surface area contributed by atoms with Crippen LogP contribution in [0.1, 0.15) is 48.8 Å². The Morgan fingerprint density at radius 3 is 2.71 bits per heavy atom. The van der Waals surface area contributed by atoms with Crippen LogP contribution < -0.4 is 5.73 Å². The lowest BCUT2D eigenvalue weighted by atomic mass is 9.81. The van der Waals surface area contributed by atoms with E-state index in [-0.39, 0.29) is 18.8 Å². The van der Waals surface area contributed by atoms with Gasteiger partial charge in [0.05, 0.1) is 16.2 Å². The van der Waals surface area contributed by atoms with Crippen LogP contribution in [0.4, 0.5) is 4.39 Å². The maximum atomic E-state index is 14.8. The van der Waals surface area contributed by atoms with Crippen LogP contribution in [-0.2, 0) is 16.7 Å². The summed E-state index contributed by atoms with van der Waals surface area (Å²) in [6.07, 6.45) is 1.97. The van der Waals surface area contributed by atoms with Gasteiger partial charge in [0.25, 0.3) is 0 Å². The van der Waals surface area contributed by atoms with Gasteiger partial charge in [-0.25, -0.2) is 4.39 Å². The van der Waals surface area contributed by atoms with E-state index in [0.29, 0.717) is 34.1 Å². The maximum absolute atomic E-state index is 14.8. The zero-order chi connectivity index (χ0) is 20.5. The number of carbonyl (C=O) groups is 1. The number of aromatic nitrogens is 1. The fraction of sp³-hybridized carbons (Fsp3) is 0.381. The first-order valence-electron chi connectivity index (χ1n) is 9.00. The highest BCUT2D eigenvalue weighted by molar-refractivity contribution is 6.30. The number of nitrogens with two attached hydrogens (primary N) is 1. The fourth-order valence-electron chi connectivity index (χ4n) is 3.61. The van der Waals surface area contributed by atoms with Crippen molar-refractivity contribution in [2.45, 2.75) is 44.8 Å². The molecule has 148 valence electrons. The molecule has 0 aliphatic carbocycles. The third-order valence-electron chi connectivity index (χ3n) is 4.76. The van der Waals surface area contributed by atoms with Crippen LogP contribution in [-0.4, -0.2) is 28.8 Å². The number of rotatable bonds is 4. The summed E-state index contributed by atoms with van der Waals surface area (Å²) < 4.78 is 20.5. The van der Waals surface area contributed by atoms with Gasteiger partial charge < -0.3 is 10.5 Å². The lowest BCUT2D eigenvalue weighted by Crippen LogP contribution is -2.33. The van der Waals surface area contributed by atoms with Gasteiger partial charge in [-0.15, -0.1) is 0 Å². The summed E-state index contributed by atoms with van der Waals surface area (Å²) in [7, 11) is 0. The molecule has 0 saturated heterocycles. The Kier molecular flexibility index (Phi) is 5.55. The highest BCUT2D eigenvalue weighted by atomic mass is 35.5. The fourth-order valence-corrected chi connectivity index (χ4v) is 3.72. The smallest absolute Gasteiger partial charge is 0.185 e. The standard InChI is InChI=1S/C21H23ClFN3O2/c1-20(2)12-21(3,26-19(24)11-28-20)15-8-13(4-6-16(15)23)9-18(27)17-7-5-14(22)10-25-17/h4-8,10H,9,11-12H2,1-3H3,(H2,24,26)/t21-/m0/s1. The molecule has 5 nitrogen and oxygen atoms in total. The summed E-state index contributed by atoms with van der Waals surface area (Å²) in [6, 6.07) is 7.84. The monoisotopic (exact) mass is 403 g/mol. The second-order valence-corrected chi connectivity index (χ2v) is 8.31. The zero-order valence-electron chi connectivity index (χ0n) is 16.1. The van der Waals surface area contributed by atoms with Crippen molar-refractivity contribution in [3.05, 3.63) is 64.2 Å². The predicted molar refractivity (Wildman–Crippen MR) is 107 cm³/mol. The lowest BCUT2D eigenvalue weighted by Gasteiger charge is -2.33. The van der Waals surface area contributed by atoms with E-state index < -0.39 is 17.0 Å². The molecule has 0 unspecified atom stereocenters. The Hall–Kier alpha value is -2.31. The number of pyridine rings is 1. The number of ether oxygens (including phenoxy) is 1. The molecular formula is C21H23ClFN3O2. The molecule has 0 fully saturated rings. The van der Waals surface area contributed by atoms with Gasteiger partial charge in [-0.05, 0) is 50.6 Å². The van der Waals surface area contributed by atoms with Crippen LogP contribution in [0.2, 0.25) is 5.02 Å². The van der Waals surface area contributed by atoms with E-state index >= 15 is 0 Å². The van der Waals surface area contributed by atoms with Crippen molar-refractivity contribution >= 4 is 23.2 Å². The molecule has 1 atom stereocenters. The largest absolute Gasteiger partial charge is 0.386 e. The summed E-state index contributed by atoms with van der Waals surface area (Å²) in [5.74, 6) is -0.246. The molecule has 2 N–H and O–H groups in total. The van der Waals surface area contributed by atoms with E-state index in [1.807, 2.05) is 20.8 Å². The topological polar surface area (TPSA) is 77.6 Å². The average Bonchev–Trinajstić information content (AvgIpc) is 2.72. The van der Waals surface area contributed by atoms with Gasteiger partial charge in [0, 0.05) is 24.6 Å². The van der Waals surface area contributed by atoms with Crippen LogP contribution in [0.15, 0.2) is 41.5 Å². The number of aliphatic imine (C=N–C) groups is 1. The summed E-state index contributed by atoms with van der Waals surface area (Å²) in [6.45, 7) is 5.89. The molecule has 0 amide bonds. The van der Waals surface area contributed by atoms with Crippen molar-refractivity contribution in [1.82, 2.24) is 4.98 Å². The lowest BCUT2D eigenvalue weighted by molar-refractivity contribution is -0.0105. The second-order valence-electron chi connectivity index (χ2n) is 7.88. The molecule has 28 heavy (non-hydrogen) atoms. The zero-order valence-corrected chi connectivity index (χ0v) is 16.9. The Bertz CT molecular complexity index is 928. The van der Waals surface area contributed by atoms with Crippen molar-refractivity contribution in [3.8, 4) is 0 Å². The maximum Gasteiger partial charge on any atom is 0.185 e. The van der Waals surface area contributed by atoms with Crippen LogP contribution >= 0.6 is 11.6 Å². The van der Waals surface area contributed by atoms with E-state index in [4.69, 9.17) is 22.1 Å². The van der Waals surface area contributed by atoms with E-state index in [9.17, 15) is 9.18 Å². The van der Waals surface area contributed by atoms with Gasteiger partial charge in [-0.3, -0.25) is 14.8 Å². The number of halogens is 2. The SMILES string of the molecule is CC1(C)C[C@@](C)(c2cc(CC(=O)c3ccc(Cl)cn3)ccc2F)N=C(N)CO1. The van der Waals surface area contributed by atoms with Crippen LogP contribution in [0.5, 0.6) is 0 Å². The average molecular weight is 404 g/mol. The van der Waals surface area contributed by atoms with Crippen LogP contribution in [0.3, 0.4) is 0 Å². The van der Waals surface area contributed by atoms with Gasteiger partial charge in [-0.2, -0.15) is 0 Å². The normalized spacial score (nSPS) is 21.7. The summed E-state index contributed by atoms with van der Waals surface area (Å²) in [4.78, 5) is 21.1. The Morgan fingerprint density at radius 1 is 1.29 bits per heavy atom. The second kappa shape index (κ2) is 7.60. The first-order chi connectivity index (χ1) is 13.1. The van der Waals surface area contributed by atoms with Crippen molar-refractivity contribution in [2.75, 3.05) is 6.61 Å². The predicted octanol–water partition coefficient (Wildman–Crippen LogP) is 4.07. The summed E-state index contributed by atoms with van der Waals surface area (Å²) >= 11 is 5.82. The molecule has 2 aromatic rings. The third kappa shape index (κ3) is 4.56. The van der Waals surface area contributed by atoms with Gasteiger partial charge in [0.15, 0.2) is 5.78 Å². The Morgan fingerprint density at radius 2 is 2.04 bits per heavy atom. The van der Waals surface area contributed by atoms with Gasteiger partial charge in [-0.1, -0.05) is 17.7 Å². The first kappa shape index (κ1) is 20.4. The summed E-state index contributed by atoms with van der Waals surface area (Å²) in [5.41, 5.74) is 5.92. The number of hydrogen-bond acceptors (Lipinski definition) is 5. The summed E-state index contributed by atoms with van der Waals surface area (Å²) in [5, 5.41) is 0.460. The van der Waals surface area contributed by atoms with Crippen molar-refractivity contribution in [2.24, 2.45) is 10.7 Å². The van der Waals surface area contributed by atoms with E-state index in [1.165, 1.54) is 12.3 Å². The highest BCUT2D eigenvalue weighted by Crippen LogP contribution is 2.39. The number of amidine groups is 1. The number of ketones is 1. The van der Waals surface area contributed by atoms with Crippen molar-refractivity contribution < 1.29 is 13.9 Å². The molecular weight excluding hydrogens is 381 g/mol. The number of nitrogens with zero attached hydrogens (tertiary/aromatic N) is 2. The highest BCUT2D eigenvalue weighted by Gasteiger charge is 2.39. The van der Waals surface area contributed by atoms with E-state index in [2.05, 4.69) is 9.98 Å². The molecule has 7 heteroatoms. The van der Waals surface area contributed by atoms with Crippen LogP contribution in [0, 0.1) is 5.82 Å². The molecule has 1 aromatic carbocycles. The molecule has 0 bridgehead atoms. The van der Waals surface area contributed by atoms with Gasteiger partial charge in [0.2, 0.25) is 0 Å². The molecule has 2 heterocycles. The third-order valence-corrected chi connectivity index (χ3v) is 4.98. The number of benzene rings is 1. The minimum absolute atomic E-state index is 0.0943. The Balaban J connectivity index is 1.93. The molecule has 0 saturated carbocycles. The minimum atomic E-state index is -0.897. The first-order valence-corrected chi connectivity index (χ1v) is 9.38. The number of Topliss-reactive ketones (excluding diaryl/α,β-unsaturated/α-hetero) is 1. The molecule has 1 aliphatic rings. The van der Waals surface area contributed by atoms with E-state index in [1.54, 1.807) is 24.3 Å². The molecule has 1 aromatic heterocycles. The quantitative estimate of drug-likeness (QED) is 0.780. The van der Waals surface area contributed by atoms with E-state index in [0.717, 1.165) is 0 Å². The van der Waals surface area contributed by atoms with Gasteiger partial charge in [0.1, 0.15) is 24.0 Å². The molecule has 3 rings (SSSR count). The minimum Gasteiger partial charge on any atom is -0.386 e. The van der Waals surface area contributed by atoms with Crippen LogP contribution in [0.25, 0.3) is 0 Å². The van der Waals surface area contributed by atoms with Crippen molar-refractivity contribution in [1.29, 1.82) is 0 Å². The van der Waals surface area contributed by atoms with Gasteiger partial charge >= 0.3 is 0 Å².